The van der Waals surface area contributed by atoms with Crippen molar-refractivity contribution in [3.8, 4) is 0 Å². The Bertz CT molecular complexity index is 627. The van der Waals surface area contributed by atoms with Crippen molar-refractivity contribution in [1.29, 1.82) is 0 Å². The van der Waals surface area contributed by atoms with Crippen molar-refractivity contribution >= 4 is 16.9 Å². The van der Waals surface area contributed by atoms with Crippen molar-refractivity contribution in [2.45, 2.75) is 25.7 Å². The molecule has 0 atom stereocenters. The summed E-state index contributed by atoms with van der Waals surface area (Å²) in [6, 6.07) is 8.47. The molecule has 4 nitrogen and oxygen atoms in total. The minimum Gasteiger partial charge on any atom is -0.469 e. The van der Waals surface area contributed by atoms with Crippen LogP contribution in [0.2, 0.25) is 0 Å². The molecule has 0 unspecified atom stereocenters. The number of piperidine rings is 1. The molecule has 1 aromatic carbocycles. The molecule has 1 aliphatic rings. The number of esters is 1. The van der Waals surface area contributed by atoms with Crippen LogP contribution in [0, 0.1) is 5.92 Å². The summed E-state index contributed by atoms with van der Waals surface area (Å²) in [5.41, 5.74) is 2.61. The number of aromatic amines is 1. The van der Waals surface area contributed by atoms with E-state index in [2.05, 4.69) is 40.3 Å². The van der Waals surface area contributed by atoms with Crippen molar-refractivity contribution in [1.82, 2.24) is 9.88 Å². The number of H-pyrrole nitrogens is 1. The lowest BCUT2D eigenvalue weighted by atomic mass is 9.93. The molecule has 1 aliphatic heterocycles. The molecule has 2 heterocycles. The summed E-state index contributed by atoms with van der Waals surface area (Å²) in [7, 11) is 1.47. The van der Waals surface area contributed by atoms with Gasteiger partial charge in [0, 0.05) is 30.1 Å². The Balaban J connectivity index is 1.48. The number of hydrogen-bond donors (Lipinski definition) is 1. The Morgan fingerprint density at radius 2 is 2.09 bits per heavy atom. The lowest BCUT2D eigenvalue weighted by Gasteiger charge is -2.31. The fourth-order valence-corrected chi connectivity index (χ4v) is 3.35. The van der Waals surface area contributed by atoms with Crippen LogP contribution in [0.4, 0.5) is 0 Å². The normalized spacial score (nSPS) is 17.0. The van der Waals surface area contributed by atoms with E-state index >= 15 is 0 Å². The summed E-state index contributed by atoms with van der Waals surface area (Å²) < 4.78 is 4.76. The minimum atomic E-state index is -0.0720. The first-order chi connectivity index (χ1) is 10.8. The smallest absolute Gasteiger partial charge is 0.305 e. The summed E-state index contributed by atoms with van der Waals surface area (Å²) in [6.07, 6.45) is 5.99. The molecule has 0 radical (unpaired) electrons. The summed E-state index contributed by atoms with van der Waals surface area (Å²) >= 11 is 0. The maximum Gasteiger partial charge on any atom is 0.305 e. The predicted octanol–water partition coefficient (Wildman–Crippen LogP) is 2.99. The molecule has 4 heteroatoms. The van der Waals surface area contributed by atoms with E-state index < -0.39 is 0 Å². The monoisotopic (exact) mass is 300 g/mol. The van der Waals surface area contributed by atoms with E-state index in [0.717, 1.165) is 38.9 Å². The largest absolute Gasteiger partial charge is 0.469 e. The lowest BCUT2D eigenvalue weighted by Crippen LogP contribution is -2.35. The van der Waals surface area contributed by atoms with Gasteiger partial charge in [-0.05, 0) is 49.9 Å². The number of rotatable bonds is 5. The van der Waals surface area contributed by atoms with Gasteiger partial charge in [-0.1, -0.05) is 18.2 Å². The summed E-state index contributed by atoms with van der Waals surface area (Å²) in [5.74, 6) is 0.425. The molecular formula is C18H24N2O2. The van der Waals surface area contributed by atoms with Crippen molar-refractivity contribution in [2.24, 2.45) is 5.92 Å². The van der Waals surface area contributed by atoms with Crippen molar-refractivity contribution < 1.29 is 9.53 Å². The number of ether oxygens (including phenoxy) is 1. The molecule has 0 amide bonds. The number of hydrogen-bond acceptors (Lipinski definition) is 3. The molecule has 1 fully saturated rings. The van der Waals surface area contributed by atoms with Gasteiger partial charge in [-0.15, -0.1) is 0 Å². The molecular weight excluding hydrogens is 276 g/mol. The molecule has 118 valence electrons. The number of fused-ring (bicyclic) bond motifs is 1. The minimum absolute atomic E-state index is 0.0720. The first-order valence-electron chi connectivity index (χ1n) is 8.10. The zero-order valence-corrected chi connectivity index (χ0v) is 13.2. The fourth-order valence-electron chi connectivity index (χ4n) is 3.35. The number of carbonyl (C=O) groups is 1. The highest BCUT2D eigenvalue weighted by molar-refractivity contribution is 5.83. The molecule has 0 saturated carbocycles. The van der Waals surface area contributed by atoms with E-state index in [1.165, 1.54) is 23.6 Å². The van der Waals surface area contributed by atoms with Crippen LogP contribution in [0.3, 0.4) is 0 Å². The number of nitrogens with one attached hydrogen (secondary N) is 1. The third-order valence-corrected chi connectivity index (χ3v) is 4.76. The van der Waals surface area contributed by atoms with Gasteiger partial charge in [0.05, 0.1) is 7.11 Å². The van der Waals surface area contributed by atoms with E-state index in [1.54, 1.807) is 0 Å². The Hall–Kier alpha value is -1.81. The Morgan fingerprint density at radius 1 is 1.32 bits per heavy atom. The molecule has 2 aromatic rings. The van der Waals surface area contributed by atoms with Gasteiger partial charge < -0.3 is 14.6 Å². The predicted molar refractivity (Wildman–Crippen MR) is 87.8 cm³/mol. The van der Waals surface area contributed by atoms with Crippen LogP contribution in [0.5, 0.6) is 0 Å². The van der Waals surface area contributed by atoms with Gasteiger partial charge in [-0.25, -0.2) is 0 Å². The highest BCUT2D eigenvalue weighted by Gasteiger charge is 2.21. The number of benzene rings is 1. The topological polar surface area (TPSA) is 45.3 Å². The van der Waals surface area contributed by atoms with Gasteiger partial charge in [0.15, 0.2) is 0 Å². The van der Waals surface area contributed by atoms with Gasteiger partial charge in [-0.3, -0.25) is 4.79 Å². The molecule has 1 aromatic heterocycles. The number of aromatic nitrogens is 1. The maximum atomic E-state index is 11.3. The van der Waals surface area contributed by atoms with E-state index in [9.17, 15) is 4.79 Å². The second-order valence-corrected chi connectivity index (χ2v) is 6.17. The molecule has 0 spiro atoms. The van der Waals surface area contributed by atoms with E-state index in [1.807, 2.05) is 0 Å². The van der Waals surface area contributed by atoms with Crippen LogP contribution >= 0.6 is 0 Å². The average Bonchev–Trinajstić information content (AvgIpc) is 2.97. The van der Waals surface area contributed by atoms with E-state index in [4.69, 9.17) is 4.74 Å². The van der Waals surface area contributed by atoms with Crippen molar-refractivity contribution in [2.75, 3.05) is 26.7 Å². The molecule has 1 saturated heterocycles. The van der Waals surface area contributed by atoms with E-state index in [0.29, 0.717) is 12.3 Å². The first-order valence-corrected chi connectivity index (χ1v) is 8.10. The van der Waals surface area contributed by atoms with Crippen LogP contribution in [0.1, 0.15) is 24.8 Å². The summed E-state index contributed by atoms with van der Waals surface area (Å²) in [5, 5.41) is 1.34. The van der Waals surface area contributed by atoms with Gasteiger partial charge in [0.2, 0.25) is 0 Å². The van der Waals surface area contributed by atoms with Gasteiger partial charge in [0.25, 0.3) is 0 Å². The third kappa shape index (κ3) is 3.50. The molecule has 1 N–H and O–H groups in total. The number of nitrogens with zero attached hydrogens (tertiary/aromatic N) is 1. The van der Waals surface area contributed by atoms with Crippen LogP contribution in [-0.2, 0) is 16.0 Å². The van der Waals surface area contributed by atoms with Crippen LogP contribution in [0.25, 0.3) is 10.9 Å². The summed E-state index contributed by atoms with van der Waals surface area (Å²) in [6.45, 7) is 3.26. The van der Waals surface area contributed by atoms with Crippen LogP contribution in [-0.4, -0.2) is 42.6 Å². The molecule has 0 bridgehead atoms. The van der Waals surface area contributed by atoms with Gasteiger partial charge in [-0.2, -0.15) is 0 Å². The SMILES string of the molecule is COC(=O)CC1CCN(CCc2c[nH]c3ccccc23)CC1. The Labute approximate surface area is 131 Å². The highest BCUT2D eigenvalue weighted by Crippen LogP contribution is 2.22. The van der Waals surface area contributed by atoms with Crippen molar-refractivity contribution in [3.05, 3.63) is 36.0 Å². The van der Waals surface area contributed by atoms with Crippen molar-refractivity contribution in [3.63, 3.8) is 0 Å². The standard InChI is InChI=1S/C18H24N2O2/c1-22-18(21)12-14-6-9-20(10-7-14)11-8-15-13-19-17-5-3-2-4-16(15)17/h2-5,13-14,19H,6-12H2,1H3. The number of methoxy groups -OCH3 is 1. The van der Waals surface area contributed by atoms with Crippen LogP contribution in [0.15, 0.2) is 30.5 Å². The first kappa shape index (κ1) is 15.1. The average molecular weight is 300 g/mol. The fraction of sp³-hybridized carbons (Fsp3) is 0.500. The van der Waals surface area contributed by atoms with Gasteiger partial charge >= 0.3 is 5.97 Å². The van der Waals surface area contributed by atoms with Crippen LogP contribution < -0.4 is 0 Å². The zero-order valence-electron chi connectivity index (χ0n) is 13.2. The summed E-state index contributed by atoms with van der Waals surface area (Å²) in [4.78, 5) is 17.2. The Kier molecular flexibility index (Phi) is 4.78. The Morgan fingerprint density at radius 3 is 2.86 bits per heavy atom. The quantitative estimate of drug-likeness (QED) is 0.863. The highest BCUT2D eigenvalue weighted by atomic mass is 16.5. The number of likely N-dealkylation sites (tertiary alicyclic amines) is 1. The second kappa shape index (κ2) is 6.97. The maximum absolute atomic E-state index is 11.3. The zero-order chi connectivity index (χ0) is 15.4. The second-order valence-electron chi connectivity index (χ2n) is 6.17. The molecule has 0 aliphatic carbocycles. The number of carbonyl (C=O) groups excluding carboxylic acids is 1. The van der Waals surface area contributed by atoms with E-state index in [-0.39, 0.29) is 5.97 Å². The lowest BCUT2D eigenvalue weighted by molar-refractivity contribution is -0.142. The van der Waals surface area contributed by atoms with Gasteiger partial charge in [0.1, 0.15) is 0 Å². The number of para-hydroxylation sites is 1. The molecule has 3 rings (SSSR count). The molecule has 22 heavy (non-hydrogen) atoms. The third-order valence-electron chi connectivity index (χ3n) is 4.76.